The third-order valence-electron chi connectivity index (χ3n) is 3.65. The zero-order valence-electron chi connectivity index (χ0n) is 11.3. The molecular weight excluding hydrogens is 242 g/mol. The molecular formula is C15H21NO3. The summed E-state index contributed by atoms with van der Waals surface area (Å²) in [7, 11) is 1.67. The average Bonchev–Trinajstić information content (AvgIpc) is 2.44. The Hall–Kier alpha value is -1.55. The van der Waals surface area contributed by atoms with Gasteiger partial charge in [0.2, 0.25) is 5.91 Å². The van der Waals surface area contributed by atoms with Gasteiger partial charge in [0, 0.05) is 13.0 Å². The molecule has 0 bridgehead atoms. The first-order valence-corrected chi connectivity index (χ1v) is 6.79. The van der Waals surface area contributed by atoms with Gasteiger partial charge in [-0.05, 0) is 48.4 Å². The largest absolute Gasteiger partial charge is 0.497 e. The zero-order valence-corrected chi connectivity index (χ0v) is 11.3. The van der Waals surface area contributed by atoms with Crippen LogP contribution >= 0.6 is 0 Å². The monoisotopic (exact) mass is 263 g/mol. The zero-order chi connectivity index (χ0) is 13.7. The number of carbonyl (C=O) groups is 1. The van der Waals surface area contributed by atoms with E-state index in [9.17, 15) is 4.79 Å². The van der Waals surface area contributed by atoms with E-state index in [1.807, 2.05) is 6.07 Å². The predicted molar refractivity (Wildman–Crippen MR) is 73.4 cm³/mol. The Kier molecular flexibility index (Phi) is 4.80. The van der Waals surface area contributed by atoms with Crippen LogP contribution < -0.4 is 10.1 Å². The van der Waals surface area contributed by atoms with Crippen molar-refractivity contribution >= 4 is 5.91 Å². The van der Waals surface area contributed by atoms with Crippen molar-refractivity contribution < 1.29 is 14.6 Å². The molecule has 1 aliphatic rings. The molecule has 1 aliphatic carbocycles. The smallest absolute Gasteiger partial charge is 0.220 e. The van der Waals surface area contributed by atoms with E-state index in [4.69, 9.17) is 9.84 Å². The van der Waals surface area contributed by atoms with Crippen molar-refractivity contribution in [2.75, 3.05) is 20.3 Å². The van der Waals surface area contributed by atoms with Crippen molar-refractivity contribution in [1.29, 1.82) is 0 Å². The molecule has 1 aromatic rings. The van der Waals surface area contributed by atoms with Crippen LogP contribution in [0.2, 0.25) is 0 Å². The standard InChI is InChI=1S/C15H21NO3/c1-19-13-5-6-14-11(9-13)3-2-4-12(14)10-15(18)16-7-8-17/h5-6,9,12,17H,2-4,7-8,10H2,1H3,(H,16,18). The van der Waals surface area contributed by atoms with Gasteiger partial charge in [-0.1, -0.05) is 6.07 Å². The molecule has 2 rings (SSSR count). The number of rotatable bonds is 5. The molecule has 4 heteroatoms. The molecule has 1 unspecified atom stereocenters. The number of hydrogen-bond donors (Lipinski definition) is 2. The number of nitrogens with one attached hydrogen (secondary N) is 1. The molecule has 0 aliphatic heterocycles. The van der Waals surface area contributed by atoms with E-state index >= 15 is 0 Å². The maximum Gasteiger partial charge on any atom is 0.220 e. The number of carbonyl (C=O) groups excluding carboxylic acids is 1. The summed E-state index contributed by atoms with van der Waals surface area (Å²) in [5.74, 6) is 1.18. The van der Waals surface area contributed by atoms with E-state index in [2.05, 4.69) is 17.4 Å². The third kappa shape index (κ3) is 3.47. The van der Waals surface area contributed by atoms with Gasteiger partial charge in [-0.3, -0.25) is 4.79 Å². The van der Waals surface area contributed by atoms with E-state index in [-0.39, 0.29) is 18.4 Å². The molecule has 1 amide bonds. The van der Waals surface area contributed by atoms with Gasteiger partial charge in [-0.2, -0.15) is 0 Å². The second-order valence-corrected chi connectivity index (χ2v) is 4.93. The number of ether oxygens (including phenoxy) is 1. The Labute approximate surface area is 113 Å². The van der Waals surface area contributed by atoms with Crippen LogP contribution in [0.3, 0.4) is 0 Å². The molecule has 104 valence electrons. The number of hydrogen-bond acceptors (Lipinski definition) is 3. The number of aliphatic hydroxyl groups is 1. The van der Waals surface area contributed by atoms with Crippen LogP contribution in [-0.4, -0.2) is 31.3 Å². The van der Waals surface area contributed by atoms with Crippen LogP contribution in [0.4, 0.5) is 0 Å². The normalized spacial score (nSPS) is 17.7. The summed E-state index contributed by atoms with van der Waals surface area (Å²) in [6.45, 7) is 0.325. The molecule has 0 spiro atoms. The Morgan fingerprint density at radius 3 is 3.11 bits per heavy atom. The molecule has 1 aromatic carbocycles. The van der Waals surface area contributed by atoms with Crippen LogP contribution in [0, 0.1) is 0 Å². The van der Waals surface area contributed by atoms with Gasteiger partial charge in [0.05, 0.1) is 13.7 Å². The summed E-state index contributed by atoms with van der Waals surface area (Å²) in [5, 5.41) is 11.4. The van der Waals surface area contributed by atoms with E-state index in [0.29, 0.717) is 13.0 Å². The molecule has 0 heterocycles. The first-order valence-electron chi connectivity index (χ1n) is 6.79. The quantitative estimate of drug-likeness (QED) is 0.848. The van der Waals surface area contributed by atoms with Gasteiger partial charge in [-0.25, -0.2) is 0 Å². The van der Waals surface area contributed by atoms with Crippen LogP contribution in [0.25, 0.3) is 0 Å². The third-order valence-corrected chi connectivity index (χ3v) is 3.65. The second kappa shape index (κ2) is 6.57. The molecule has 0 radical (unpaired) electrons. The minimum absolute atomic E-state index is 0.00973. The Bertz CT molecular complexity index is 445. The Morgan fingerprint density at radius 1 is 1.53 bits per heavy atom. The fourth-order valence-electron chi connectivity index (χ4n) is 2.72. The highest BCUT2D eigenvalue weighted by Gasteiger charge is 2.22. The maximum atomic E-state index is 11.8. The molecule has 19 heavy (non-hydrogen) atoms. The highest BCUT2D eigenvalue weighted by atomic mass is 16.5. The molecule has 0 saturated carbocycles. The summed E-state index contributed by atoms with van der Waals surface area (Å²) in [5.41, 5.74) is 2.57. The first-order chi connectivity index (χ1) is 9.24. The highest BCUT2D eigenvalue weighted by Crippen LogP contribution is 2.35. The Balaban J connectivity index is 2.07. The van der Waals surface area contributed by atoms with Crippen molar-refractivity contribution in [3.8, 4) is 5.75 Å². The van der Waals surface area contributed by atoms with Gasteiger partial charge >= 0.3 is 0 Å². The fourth-order valence-corrected chi connectivity index (χ4v) is 2.72. The van der Waals surface area contributed by atoms with Crippen molar-refractivity contribution in [2.45, 2.75) is 31.6 Å². The molecule has 0 saturated heterocycles. The number of benzene rings is 1. The molecule has 4 nitrogen and oxygen atoms in total. The van der Waals surface area contributed by atoms with Crippen molar-refractivity contribution in [3.63, 3.8) is 0 Å². The van der Waals surface area contributed by atoms with Crippen LogP contribution in [0.1, 0.15) is 36.3 Å². The van der Waals surface area contributed by atoms with Gasteiger partial charge < -0.3 is 15.2 Å². The van der Waals surface area contributed by atoms with Gasteiger partial charge in [-0.15, -0.1) is 0 Å². The van der Waals surface area contributed by atoms with Crippen molar-refractivity contribution in [3.05, 3.63) is 29.3 Å². The van der Waals surface area contributed by atoms with E-state index in [1.165, 1.54) is 11.1 Å². The SMILES string of the molecule is COc1ccc2c(c1)CCCC2CC(=O)NCCO. The van der Waals surface area contributed by atoms with Gasteiger partial charge in [0.25, 0.3) is 0 Å². The fraction of sp³-hybridized carbons (Fsp3) is 0.533. The minimum atomic E-state index is -0.00973. The molecule has 2 N–H and O–H groups in total. The minimum Gasteiger partial charge on any atom is -0.497 e. The number of methoxy groups -OCH3 is 1. The lowest BCUT2D eigenvalue weighted by atomic mass is 9.81. The van der Waals surface area contributed by atoms with Crippen LogP contribution in [0.5, 0.6) is 5.75 Å². The van der Waals surface area contributed by atoms with E-state index < -0.39 is 0 Å². The van der Waals surface area contributed by atoms with Crippen LogP contribution in [-0.2, 0) is 11.2 Å². The van der Waals surface area contributed by atoms with Gasteiger partial charge in [0.1, 0.15) is 5.75 Å². The van der Waals surface area contributed by atoms with E-state index in [1.54, 1.807) is 7.11 Å². The lowest BCUT2D eigenvalue weighted by Gasteiger charge is -2.25. The topological polar surface area (TPSA) is 58.6 Å². The number of aliphatic hydroxyl groups excluding tert-OH is 1. The van der Waals surface area contributed by atoms with Crippen LogP contribution in [0.15, 0.2) is 18.2 Å². The van der Waals surface area contributed by atoms with Crippen molar-refractivity contribution in [2.24, 2.45) is 0 Å². The maximum absolute atomic E-state index is 11.8. The summed E-state index contributed by atoms with van der Waals surface area (Å²) >= 11 is 0. The lowest BCUT2D eigenvalue weighted by molar-refractivity contribution is -0.121. The highest BCUT2D eigenvalue weighted by molar-refractivity contribution is 5.77. The lowest BCUT2D eigenvalue weighted by Crippen LogP contribution is -2.28. The first kappa shape index (κ1) is 13.9. The molecule has 1 atom stereocenters. The summed E-state index contributed by atoms with van der Waals surface area (Å²) in [4.78, 5) is 11.8. The summed E-state index contributed by atoms with van der Waals surface area (Å²) < 4.78 is 5.24. The number of amides is 1. The molecule has 0 aromatic heterocycles. The predicted octanol–water partition coefficient (Wildman–Crippen LogP) is 1.61. The molecule has 0 fully saturated rings. The van der Waals surface area contributed by atoms with Crippen molar-refractivity contribution in [1.82, 2.24) is 5.32 Å². The summed E-state index contributed by atoms with van der Waals surface area (Å²) in [6.07, 6.45) is 3.71. The van der Waals surface area contributed by atoms with Gasteiger partial charge in [0.15, 0.2) is 0 Å². The Morgan fingerprint density at radius 2 is 2.37 bits per heavy atom. The average molecular weight is 263 g/mol. The number of aryl methyl sites for hydroxylation is 1. The summed E-state index contributed by atoms with van der Waals surface area (Å²) in [6, 6.07) is 6.12. The number of fused-ring (bicyclic) bond motifs is 1. The second-order valence-electron chi connectivity index (χ2n) is 4.93. The van der Waals surface area contributed by atoms with E-state index in [0.717, 1.165) is 25.0 Å².